The molecule has 1 amide bonds. The lowest BCUT2D eigenvalue weighted by Crippen LogP contribution is -2.32. The highest BCUT2D eigenvalue weighted by molar-refractivity contribution is 5.91. The lowest BCUT2D eigenvalue weighted by molar-refractivity contribution is -0.116. The third-order valence-electron chi connectivity index (χ3n) is 2.47. The van der Waals surface area contributed by atoms with E-state index in [1.807, 2.05) is 6.92 Å². The number of nitrogens with one attached hydrogen (secondary N) is 2. The minimum atomic E-state index is -0.0573. The molecule has 1 atom stereocenters. The van der Waals surface area contributed by atoms with Crippen molar-refractivity contribution >= 4 is 11.6 Å². The normalized spacial score (nSPS) is 11.9. The predicted molar refractivity (Wildman–Crippen MR) is 70.8 cm³/mol. The van der Waals surface area contributed by atoms with E-state index in [4.69, 9.17) is 9.84 Å². The number of carbonyl (C=O) groups excluding carboxylic acids is 1. The van der Waals surface area contributed by atoms with Crippen LogP contribution in [0.2, 0.25) is 0 Å². The van der Waals surface area contributed by atoms with E-state index >= 15 is 0 Å². The van der Waals surface area contributed by atoms with Crippen LogP contribution in [-0.4, -0.2) is 37.3 Å². The second-order valence-corrected chi connectivity index (χ2v) is 4.06. The highest BCUT2D eigenvalue weighted by Crippen LogP contribution is 2.15. The molecule has 0 spiro atoms. The summed E-state index contributed by atoms with van der Waals surface area (Å²) in [5, 5.41) is 14.5. The van der Waals surface area contributed by atoms with Gasteiger partial charge in [-0.1, -0.05) is 0 Å². The van der Waals surface area contributed by atoms with Crippen LogP contribution < -0.4 is 15.4 Å². The van der Waals surface area contributed by atoms with Crippen LogP contribution in [0.3, 0.4) is 0 Å². The third kappa shape index (κ3) is 5.16. The van der Waals surface area contributed by atoms with Gasteiger partial charge in [-0.25, -0.2) is 0 Å². The highest BCUT2D eigenvalue weighted by Gasteiger charge is 2.08. The first-order valence-electron chi connectivity index (χ1n) is 5.94. The average molecular weight is 252 g/mol. The molecule has 1 unspecified atom stereocenters. The second kappa shape index (κ2) is 7.68. The van der Waals surface area contributed by atoms with Gasteiger partial charge in [-0.05, 0) is 31.2 Å². The van der Waals surface area contributed by atoms with Crippen LogP contribution in [0.1, 0.15) is 13.3 Å². The van der Waals surface area contributed by atoms with E-state index in [9.17, 15) is 4.79 Å². The second-order valence-electron chi connectivity index (χ2n) is 4.06. The molecule has 5 nitrogen and oxygen atoms in total. The number of aliphatic hydroxyl groups excluding tert-OH is 1. The van der Waals surface area contributed by atoms with Crippen molar-refractivity contribution in [3.63, 3.8) is 0 Å². The molecule has 3 N–H and O–H groups in total. The van der Waals surface area contributed by atoms with Crippen LogP contribution in [0.4, 0.5) is 5.69 Å². The summed E-state index contributed by atoms with van der Waals surface area (Å²) >= 11 is 0. The summed E-state index contributed by atoms with van der Waals surface area (Å²) in [7, 11) is 1.60. The van der Waals surface area contributed by atoms with Crippen molar-refractivity contribution in [2.45, 2.75) is 19.4 Å². The number of carbonyl (C=O) groups is 1. The molecule has 0 bridgehead atoms. The molecule has 0 saturated carbocycles. The van der Waals surface area contributed by atoms with E-state index in [1.165, 1.54) is 0 Å². The van der Waals surface area contributed by atoms with Gasteiger partial charge < -0.3 is 20.5 Å². The van der Waals surface area contributed by atoms with Gasteiger partial charge in [-0.2, -0.15) is 0 Å². The molecule has 5 heteroatoms. The van der Waals surface area contributed by atoms with Crippen LogP contribution in [-0.2, 0) is 4.79 Å². The lowest BCUT2D eigenvalue weighted by atomic mass is 10.2. The van der Waals surface area contributed by atoms with E-state index in [0.717, 1.165) is 11.4 Å². The fourth-order valence-electron chi connectivity index (χ4n) is 1.55. The van der Waals surface area contributed by atoms with Crippen LogP contribution in [0.15, 0.2) is 24.3 Å². The summed E-state index contributed by atoms with van der Waals surface area (Å²) in [6.45, 7) is 2.48. The quantitative estimate of drug-likeness (QED) is 0.677. The summed E-state index contributed by atoms with van der Waals surface area (Å²) in [5.74, 6) is 0.698. The summed E-state index contributed by atoms with van der Waals surface area (Å²) < 4.78 is 5.04. The SMILES string of the molecule is COc1ccc(NC(=O)CC(C)NCCO)cc1. The Labute approximate surface area is 107 Å². The Morgan fingerprint density at radius 3 is 2.61 bits per heavy atom. The fourth-order valence-corrected chi connectivity index (χ4v) is 1.55. The maximum atomic E-state index is 11.7. The van der Waals surface area contributed by atoms with E-state index in [2.05, 4.69) is 10.6 Å². The predicted octanol–water partition coefficient (Wildman–Crippen LogP) is 0.994. The van der Waals surface area contributed by atoms with Crippen molar-refractivity contribution in [2.75, 3.05) is 25.6 Å². The number of benzene rings is 1. The Morgan fingerprint density at radius 2 is 2.06 bits per heavy atom. The van der Waals surface area contributed by atoms with Gasteiger partial charge in [0.25, 0.3) is 0 Å². The number of anilines is 1. The van der Waals surface area contributed by atoms with Crippen LogP contribution >= 0.6 is 0 Å². The molecule has 0 aliphatic rings. The van der Waals surface area contributed by atoms with Gasteiger partial charge in [0, 0.05) is 24.7 Å². The molecule has 0 aliphatic heterocycles. The highest BCUT2D eigenvalue weighted by atomic mass is 16.5. The first-order valence-corrected chi connectivity index (χ1v) is 5.94. The minimum Gasteiger partial charge on any atom is -0.497 e. The molecule has 100 valence electrons. The maximum absolute atomic E-state index is 11.7. The van der Waals surface area contributed by atoms with Crippen molar-refractivity contribution in [1.29, 1.82) is 0 Å². The van der Waals surface area contributed by atoms with Crippen molar-refractivity contribution in [1.82, 2.24) is 5.32 Å². The maximum Gasteiger partial charge on any atom is 0.225 e. The van der Waals surface area contributed by atoms with Crippen molar-refractivity contribution < 1.29 is 14.6 Å². The number of rotatable bonds is 7. The largest absolute Gasteiger partial charge is 0.497 e. The number of methoxy groups -OCH3 is 1. The molecule has 1 rings (SSSR count). The molecule has 18 heavy (non-hydrogen) atoms. The van der Waals surface area contributed by atoms with Gasteiger partial charge in [-0.15, -0.1) is 0 Å². The molecule has 0 radical (unpaired) electrons. The fraction of sp³-hybridized carbons (Fsp3) is 0.462. The molecule has 0 heterocycles. The zero-order chi connectivity index (χ0) is 13.4. The molecule has 0 aliphatic carbocycles. The van der Waals surface area contributed by atoms with Gasteiger partial charge in [0.2, 0.25) is 5.91 Å². The lowest BCUT2D eigenvalue weighted by Gasteiger charge is -2.12. The van der Waals surface area contributed by atoms with E-state index in [1.54, 1.807) is 31.4 Å². The Bertz CT molecular complexity index is 365. The smallest absolute Gasteiger partial charge is 0.225 e. The van der Waals surface area contributed by atoms with Crippen LogP contribution in [0.25, 0.3) is 0 Å². The summed E-state index contributed by atoms with van der Waals surface area (Å²) in [4.78, 5) is 11.7. The summed E-state index contributed by atoms with van der Waals surface area (Å²) in [6, 6.07) is 7.22. The number of hydrogen-bond acceptors (Lipinski definition) is 4. The third-order valence-corrected chi connectivity index (χ3v) is 2.47. The van der Waals surface area contributed by atoms with Crippen molar-refractivity contribution in [3.05, 3.63) is 24.3 Å². The molecule has 1 aromatic carbocycles. The van der Waals surface area contributed by atoms with Gasteiger partial charge in [0.05, 0.1) is 13.7 Å². The Hall–Kier alpha value is -1.59. The summed E-state index contributed by atoms with van der Waals surface area (Å²) in [6.07, 6.45) is 0.367. The topological polar surface area (TPSA) is 70.6 Å². The van der Waals surface area contributed by atoms with Gasteiger partial charge in [0.1, 0.15) is 5.75 Å². The van der Waals surface area contributed by atoms with Crippen molar-refractivity contribution in [2.24, 2.45) is 0 Å². The van der Waals surface area contributed by atoms with Crippen LogP contribution in [0.5, 0.6) is 5.75 Å². The van der Waals surface area contributed by atoms with E-state index < -0.39 is 0 Å². The first-order chi connectivity index (χ1) is 8.65. The first kappa shape index (κ1) is 14.5. The van der Waals surface area contributed by atoms with Gasteiger partial charge >= 0.3 is 0 Å². The average Bonchev–Trinajstić information content (AvgIpc) is 2.37. The van der Waals surface area contributed by atoms with Crippen molar-refractivity contribution in [3.8, 4) is 5.75 Å². The van der Waals surface area contributed by atoms with E-state index in [-0.39, 0.29) is 18.6 Å². The molecule has 0 fully saturated rings. The molecular weight excluding hydrogens is 232 g/mol. The zero-order valence-electron chi connectivity index (χ0n) is 10.8. The van der Waals surface area contributed by atoms with E-state index in [0.29, 0.717) is 13.0 Å². The van der Waals surface area contributed by atoms with Gasteiger partial charge in [0.15, 0.2) is 0 Å². The molecule has 1 aromatic rings. The Balaban J connectivity index is 2.39. The van der Waals surface area contributed by atoms with Gasteiger partial charge in [-0.3, -0.25) is 4.79 Å². The monoisotopic (exact) mass is 252 g/mol. The number of ether oxygens (including phenoxy) is 1. The number of hydrogen-bond donors (Lipinski definition) is 3. The zero-order valence-corrected chi connectivity index (χ0v) is 10.8. The summed E-state index contributed by atoms with van der Waals surface area (Å²) in [5.41, 5.74) is 0.746. The molecular formula is C13H20N2O3. The molecule has 0 aromatic heterocycles. The Kier molecular flexibility index (Phi) is 6.18. The Morgan fingerprint density at radius 1 is 1.39 bits per heavy atom. The minimum absolute atomic E-state index is 0.0374. The molecule has 0 saturated heterocycles. The van der Waals surface area contributed by atoms with Crippen LogP contribution in [0, 0.1) is 0 Å². The number of amides is 1. The number of aliphatic hydroxyl groups is 1. The standard InChI is InChI=1S/C13H20N2O3/c1-10(14-7-8-16)9-13(17)15-11-3-5-12(18-2)6-4-11/h3-6,10,14,16H,7-9H2,1-2H3,(H,15,17).